The number of hydrogen-bond acceptors (Lipinski definition) is 2. The molecule has 3 nitrogen and oxygen atoms in total. The second-order valence-electron chi connectivity index (χ2n) is 4.66. The molecule has 0 aromatic heterocycles. The predicted octanol–water partition coefficient (Wildman–Crippen LogP) is 2.74. The SMILES string of the molecule is C=CC1=CCN(C(=O)OC(C)(C)C)CC1. The molecule has 0 bridgehead atoms. The summed E-state index contributed by atoms with van der Waals surface area (Å²) < 4.78 is 5.28. The topological polar surface area (TPSA) is 29.5 Å². The molecule has 0 spiro atoms. The molecular formula is C12H19NO2. The van der Waals surface area contributed by atoms with E-state index in [0.717, 1.165) is 6.42 Å². The van der Waals surface area contributed by atoms with Crippen molar-refractivity contribution in [3.8, 4) is 0 Å². The molecular weight excluding hydrogens is 190 g/mol. The molecule has 0 fully saturated rings. The molecule has 15 heavy (non-hydrogen) atoms. The normalized spacial score (nSPS) is 17.0. The van der Waals surface area contributed by atoms with Crippen LogP contribution >= 0.6 is 0 Å². The average Bonchev–Trinajstić information content (AvgIpc) is 2.15. The fraction of sp³-hybridized carbons (Fsp3) is 0.583. The fourth-order valence-electron chi connectivity index (χ4n) is 1.36. The largest absolute Gasteiger partial charge is 0.444 e. The van der Waals surface area contributed by atoms with Crippen LogP contribution in [0.25, 0.3) is 0 Å². The van der Waals surface area contributed by atoms with Crippen LogP contribution in [-0.4, -0.2) is 29.7 Å². The van der Waals surface area contributed by atoms with E-state index in [1.807, 2.05) is 32.9 Å². The Labute approximate surface area is 91.4 Å². The summed E-state index contributed by atoms with van der Waals surface area (Å²) >= 11 is 0. The van der Waals surface area contributed by atoms with Crippen LogP contribution in [0.5, 0.6) is 0 Å². The second-order valence-corrected chi connectivity index (χ2v) is 4.66. The van der Waals surface area contributed by atoms with Gasteiger partial charge in [0.15, 0.2) is 0 Å². The Morgan fingerprint density at radius 3 is 2.67 bits per heavy atom. The molecule has 1 rings (SSSR count). The van der Waals surface area contributed by atoms with Crippen LogP contribution in [-0.2, 0) is 4.74 Å². The number of allylic oxidation sites excluding steroid dienone is 1. The number of amides is 1. The van der Waals surface area contributed by atoms with E-state index in [4.69, 9.17) is 4.74 Å². The van der Waals surface area contributed by atoms with Gasteiger partial charge in [0.1, 0.15) is 5.60 Å². The van der Waals surface area contributed by atoms with Crippen molar-refractivity contribution in [1.82, 2.24) is 4.90 Å². The van der Waals surface area contributed by atoms with Crippen LogP contribution in [0.15, 0.2) is 24.3 Å². The van der Waals surface area contributed by atoms with Gasteiger partial charge in [0.2, 0.25) is 0 Å². The van der Waals surface area contributed by atoms with E-state index in [9.17, 15) is 4.79 Å². The molecule has 84 valence electrons. The van der Waals surface area contributed by atoms with Gasteiger partial charge < -0.3 is 9.64 Å². The van der Waals surface area contributed by atoms with Gasteiger partial charge in [-0.15, -0.1) is 0 Å². The van der Waals surface area contributed by atoms with Crippen LogP contribution in [0.1, 0.15) is 27.2 Å². The first-order chi connectivity index (χ1) is 6.92. The molecule has 0 N–H and O–H groups in total. The van der Waals surface area contributed by atoms with E-state index in [1.54, 1.807) is 4.90 Å². The number of hydrogen-bond donors (Lipinski definition) is 0. The third-order valence-corrected chi connectivity index (χ3v) is 2.16. The summed E-state index contributed by atoms with van der Waals surface area (Å²) in [6.45, 7) is 10.7. The predicted molar refractivity (Wildman–Crippen MR) is 60.7 cm³/mol. The molecule has 1 amide bonds. The first-order valence-corrected chi connectivity index (χ1v) is 5.22. The molecule has 0 aromatic carbocycles. The van der Waals surface area contributed by atoms with Crippen LogP contribution < -0.4 is 0 Å². The lowest BCUT2D eigenvalue weighted by Gasteiger charge is -2.29. The van der Waals surface area contributed by atoms with E-state index >= 15 is 0 Å². The van der Waals surface area contributed by atoms with Crippen LogP contribution in [0.2, 0.25) is 0 Å². The van der Waals surface area contributed by atoms with Crippen molar-refractivity contribution in [2.24, 2.45) is 0 Å². The summed E-state index contributed by atoms with van der Waals surface area (Å²) in [6.07, 6.45) is 4.48. The Balaban J connectivity index is 2.50. The van der Waals surface area contributed by atoms with Crippen LogP contribution in [0, 0.1) is 0 Å². The molecule has 1 heterocycles. The van der Waals surface area contributed by atoms with E-state index in [1.165, 1.54) is 5.57 Å². The van der Waals surface area contributed by atoms with Crippen molar-refractivity contribution in [2.75, 3.05) is 13.1 Å². The van der Waals surface area contributed by atoms with E-state index in [-0.39, 0.29) is 6.09 Å². The Morgan fingerprint density at radius 1 is 1.60 bits per heavy atom. The van der Waals surface area contributed by atoms with Gasteiger partial charge in [0.25, 0.3) is 0 Å². The molecule has 0 atom stereocenters. The standard InChI is InChI=1S/C12H19NO2/c1-5-10-6-8-13(9-7-10)11(14)15-12(2,3)4/h5-6H,1,7-9H2,2-4H3. The lowest BCUT2D eigenvalue weighted by molar-refractivity contribution is 0.0267. The quantitative estimate of drug-likeness (QED) is 0.664. The molecule has 0 saturated heterocycles. The smallest absolute Gasteiger partial charge is 0.410 e. The maximum atomic E-state index is 11.7. The molecule has 0 radical (unpaired) electrons. The van der Waals surface area contributed by atoms with Gasteiger partial charge >= 0.3 is 6.09 Å². The van der Waals surface area contributed by atoms with E-state index in [0.29, 0.717) is 13.1 Å². The first kappa shape index (κ1) is 11.8. The third kappa shape index (κ3) is 3.78. The first-order valence-electron chi connectivity index (χ1n) is 5.22. The summed E-state index contributed by atoms with van der Waals surface area (Å²) in [4.78, 5) is 13.4. The molecule has 1 aliphatic rings. The minimum Gasteiger partial charge on any atom is -0.444 e. The van der Waals surface area contributed by atoms with Crippen molar-refractivity contribution in [3.05, 3.63) is 24.3 Å². The van der Waals surface area contributed by atoms with Crippen molar-refractivity contribution in [1.29, 1.82) is 0 Å². The highest BCUT2D eigenvalue weighted by Gasteiger charge is 2.22. The molecule has 0 saturated carbocycles. The highest BCUT2D eigenvalue weighted by atomic mass is 16.6. The third-order valence-electron chi connectivity index (χ3n) is 2.16. The van der Waals surface area contributed by atoms with Crippen LogP contribution in [0.3, 0.4) is 0 Å². The number of ether oxygens (including phenoxy) is 1. The molecule has 0 unspecified atom stereocenters. The fourth-order valence-corrected chi connectivity index (χ4v) is 1.36. The number of carbonyl (C=O) groups excluding carboxylic acids is 1. The Kier molecular flexibility index (Phi) is 3.56. The van der Waals surface area contributed by atoms with Crippen molar-refractivity contribution < 1.29 is 9.53 Å². The number of rotatable bonds is 1. The molecule has 3 heteroatoms. The Bertz CT molecular complexity index is 286. The lowest BCUT2D eigenvalue weighted by Crippen LogP contribution is -2.39. The Hall–Kier alpha value is -1.25. The zero-order valence-corrected chi connectivity index (χ0v) is 9.75. The van der Waals surface area contributed by atoms with Crippen LogP contribution in [0.4, 0.5) is 4.79 Å². The number of carbonyl (C=O) groups is 1. The van der Waals surface area contributed by atoms with E-state index < -0.39 is 5.60 Å². The highest BCUT2D eigenvalue weighted by Crippen LogP contribution is 2.15. The van der Waals surface area contributed by atoms with Gasteiger partial charge in [-0.05, 0) is 32.8 Å². The van der Waals surface area contributed by atoms with Crippen molar-refractivity contribution in [3.63, 3.8) is 0 Å². The van der Waals surface area contributed by atoms with Gasteiger partial charge in [0, 0.05) is 13.1 Å². The molecule has 0 aromatic rings. The maximum absolute atomic E-state index is 11.7. The summed E-state index contributed by atoms with van der Waals surface area (Å²) in [7, 11) is 0. The average molecular weight is 209 g/mol. The van der Waals surface area contributed by atoms with Gasteiger partial charge in [-0.3, -0.25) is 0 Å². The zero-order valence-electron chi connectivity index (χ0n) is 9.75. The van der Waals surface area contributed by atoms with Gasteiger partial charge in [0.05, 0.1) is 0 Å². The summed E-state index contributed by atoms with van der Waals surface area (Å²) in [6, 6.07) is 0. The van der Waals surface area contributed by atoms with Gasteiger partial charge in [-0.2, -0.15) is 0 Å². The number of nitrogens with zero attached hydrogens (tertiary/aromatic N) is 1. The molecule has 0 aliphatic carbocycles. The Morgan fingerprint density at radius 2 is 2.27 bits per heavy atom. The van der Waals surface area contributed by atoms with Gasteiger partial charge in [-0.25, -0.2) is 4.79 Å². The maximum Gasteiger partial charge on any atom is 0.410 e. The van der Waals surface area contributed by atoms with E-state index in [2.05, 4.69) is 6.58 Å². The summed E-state index contributed by atoms with van der Waals surface area (Å²) in [5.74, 6) is 0. The van der Waals surface area contributed by atoms with Crippen molar-refractivity contribution in [2.45, 2.75) is 32.8 Å². The lowest BCUT2D eigenvalue weighted by atomic mass is 10.1. The zero-order chi connectivity index (χ0) is 11.5. The monoisotopic (exact) mass is 209 g/mol. The second kappa shape index (κ2) is 4.51. The van der Waals surface area contributed by atoms with Gasteiger partial charge in [-0.1, -0.05) is 18.7 Å². The summed E-state index contributed by atoms with van der Waals surface area (Å²) in [5, 5.41) is 0. The summed E-state index contributed by atoms with van der Waals surface area (Å²) in [5.41, 5.74) is 0.786. The minimum atomic E-state index is -0.417. The molecule has 1 aliphatic heterocycles. The highest BCUT2D eigenvalue weighted by molar-refractivity contribution is 5.68. The van der Waals surface area contributed by atoms with Crippen molar-refractivity contribution >= 4 is 6.09 Å². The minimum absolute atomic E-state index is 0.234.